The summed E-state index contributed by atoms with van der Waals surface area (Å²) in [5.74, 6) is 0.716. The normalized spacial score (nSPS) is 11.2. The van der Waals surface area contributed by atoms with Crippen LogP contribution in [-0.4, -0.2) is 15.0 Å². The van der Waals surface area contributed by atoms with Crippen LogP contribution in [0.1, 0.15) is 18.1 Å². The molecule has 0 saturated carbocycles. The molecule has 3 rings (SSSR count). The third-order valence-corrected chi connectivity index (χ3v) is 5.67. The smallest absolute Gasteiger partial charge is 0.238 e. The monoisotopic (exact) mass is 464 g/mol. The van der Waals surface area contributed by atoms with Crippen LogP contribution < -0.4 is 19.9 Å². The van der Waals surface area contributed by atoms with Crippen molar-refractivity contribution in [3.63, 3.8) is 0 Å². The first kappa shape index (κ1) is 22.9. The standard InChI is InChI=1S/C22H22ClFN2O4S/c1-2-29-22-11-15(13-26-18-6-8-19(9-7-18)31(25,27)28)3-10-21(22)30-14-16-4-5-17(24)12-20(16)23/h3-12,26H,2,13-14H2,1H3,(H2,25,27,28). The van der Waals surface area contributed by atoms with Gasteiger partial charge < -0.3 is 14.8 Å². The Balaban J connectivity index is 1.68. The molecule has 3 aromatic rings. The molecule has 31 heavy (non-hydrogen) atoms. The van der Waals surface area contributed by atoms with E-state index in [2.05, 4.69) is 5.32 Å². The summed E-state index contributed by atoms with van der Waals surface area (Å²) in [5.41, 5.74) is 2.35. The maximum atomic E-state index is 13.2. The fourth-order valence-electron chi connectivity index (χ4n) is 2.81. The van der Waals surface area contributed by atoms with E-state index >= 15 is 0 Å². The topological polar surface area (TPSA) is 90.6 Å². The van der Waals surface area contributed by atoms with Crippen molar-refractivity contribution in [2.24, 2.45) is 5.14 Å². The van der Waals surface area contributed by atoms with Crippen LogP contribution >= 0.6 is 11.6 Å². The maximum Gasteiger partial charge on any atom is 0.238 e. The number of anilines is 1. The summed E-state index contributed by atoms with van der Waals surface area (Å²) in [6, 6.07) is 15.9. The van der Waals surface area contributed by atoms with Crippen LogP contribution in [0.2, 0.25) is 5.02 Å². The minimum absolute atomic E-state index is 0.0550. The molecular formula is C22H22ClFN2O4S. The predicted molar refractivity (Wildman–Crippen MR) is 118 cm³/mol. The van der Waals surface area contributed by atoms with E-state index in [-0.39, 0.29) is 11.5 Å². The van der Waals surface area contributed by atoms with Gasteiger partial charge in [-0.1, -0.05) is 23.7 Å². The van der Waals surface area contributed by atoms with Crippen molar-refractivity contribution < 1.29 is 22.3 Å². The molecule has 0 saturated heterocycles. The number of hydrogen-bond acceptors (Lipinski definition) is 5. The highest BCUT2D eigenvalue weighted by molar-refractivity contribution is 7.89. The van der Waals surface area contributed by atoms with Crippen LogP contribution in [0.3, 0.4) is 0 Å². The van der Waals surface area contributed by atoms with Gasteiger partial charge in [-0.15, -0.1) is 0 Å². The summed E-state index contributed by atoms with van der Waals surface area (Å²) in [7, 11) is -3.72. The van der Waals surface area contributed by atoms with Gasteiger partial charge in [0.2, 0.25) is 10.0 Å². The summed E-state index contributed by atoms with van der Waals surface area (Å²) in [6.07, 6.45) is 0. The lowest BCUT2D eigenvalue weighted by molar-refractivity contribution is 0.269. The molecule has 0 fully saturated rings. The second kappa shape index (κ2) is 10.00. The average Bonchev–Trinajstić information content (AvgIpc) is 2.72. The molecule has 6 nitrogen and oxygen atoms in total. The predicted octanol–water partition coefficient (Wildman–Crippen LogP) is 4.72. The molecule has 0 aliphatic rings. The van der Waals surface area contributed by atoms with Crippen molar-refractivity contribution in [1.82, 2.24) is 0 Å². The molecule has 0 amide bonds. The van der Waals surface area contributed by atoms with Crippen LogP contribution in [0.15, 0.2) is 65.6 Å². The van der Waals surface area contributed by atoms with Gasteiger partial charge in [0.15, 0.2) is 11.5 Å². The summed E-state index contributed by atoms with van der Waals surface area (Å²) in [5, 5.41) is 8.62. The van der Waals surface area contributed by atoms with Gasteiger partial charge in [0.05, 0.1) is 16.5 Å². The van der Waals surface area contributed by atoms with Gasteiger partial charge in [0.25, 0.3) is 0 Å². The van der Waals surface area contributed by atoms with Crippen LogP contribution in [0.5, 0.6) is 11.5 Å². The van der Waals surface area contributed by atoms with Gasteiger partial charge in [-0.3, -0.25) is 0 Å². The lowest BCUT2D eigenvalue weighted by Gasteiger charge is -2.15. The van der Waals surface area contributed by atoms with E-state index in [4.69, 9.17) is 26.2 Å². The second-order valence-electron chi connectivity index (χ2n) is 6.66. The number of hydrogen-bond donors (Lipinski definition) is 2. The zero-order valence-corrected chi connectivity index (χ0v) is 18.3. The van der Waals surface area contributed by atoms with E-state index in [1.807, 2.05) is 19.1 Å². The lowest BCUT2D eigenvalue weighted by atomic mass is 10.2. The minimum Gasteiger partial charge on any atom is -0.490 e. The Morgan fingerprint density at radius 2 is 1.74 bits per heavy atom. The molecule has 0 aromatic heterocycles. The van der Waals surface area contributed by atoms with Crippen molar-refractivity contribution in [3.8, 4) is 11.5 Å². The number of nitrogens with two attached hydrogens (primary N) is 1. The van der Waals surface area contributed by atoms with E-state index in [9.17, 15) is 12.8 Å². The SMILES string of the molecule is CCOc1cc(CNc2ccc(S(N)(=O)=O)cc2)ccc1OCc1ccc(F)cc1Cl. The Morgan fingerprint density at radius 1 is 1.00 bits per heavy atom. The number of primary sulfonamides is 1. The number of halogens is 2. The summed E-state index contributed by atoms with van der Waals surface area (Å²) >= 11 is 6.06. The molecule has 0 aliphatic carbocycles. The van der Waals surface area contributed by atoms with Crippen LogP contribution in [0, 0.1) is 5.82 Å². The molecule has 0 bridgehead atoms. The van der Waals surface area contributed by atoms with Gasteiger partial charge in [-0.2, -0.15) is 0 Å². The Hall–Kier alpha value is -2.81. The van der Waals surface area contributed by atoms with Crippen LogP contribution in [0.4, 0.5) is 10.1 Å². The largest absolute Gasteiger partial charge is 0.490 e. The third kappa shape index (κ3) is 6.33. The number of nitrogens with one attached hydrogen (secondary N) is 1. The summed E-state index contributed by atoms with van der Waals surface area (Å²) in [6.45, 7) is 2.99. The van der Waals surface area contributed by atoms with E-state index in [0.29, 0.717) is 35.2 Å². The number of rotatable bonds is 9. The zero-order valence-electron chi connectivity index (χ0n) is 16.8. The molecule has 0 unspecified atom stereocenters. The van der Waals surface area contributed by atoms with E-state index in [1.54, 1.807) is 24.3 Å². The molecule has 0 atom stereocenters. The third-order valence-electron chi connectivity index (χ3n) is 4.39. The van der Waals surface area contributed by atoms with Crippen molar-refractivity contribution in [3.05, 3.63) is 82.6 Å². The van der Waals surface area contributed by atoms with Crippen LogP contribution in [0.25, 0.3) is 0 Å². The fourth-order valence-corrected chi connectivity index (χ4v) is 3.55. The molecule has 164 valence electrons. The van der Waals surface area contributed by atoms with Gasteiger partial charge >= 0.3 is 0 Å². The number of ether oxygens (including phenoxy) is 2. The quantitative estimate of drug-likeness (QED) is 0.478. The molecule has 0 spiro atoms. The van der Waals surface area contributed by atoms with E-state index < -0.39 is 15.8 Å². The number of benzene rings is 3. The molecule has 9 heteroatoms. The highest BCUT2D eigenvalue weighted by Crippen LogP contribution is 2.30. The Kier molecular flexibility index (Phi) is 7.37. The fraction of sp³-hybridized carbons (Fsp3) is 0.182. The highest BCUT2D eigenvalue weighted by Gasteiger charge is 2.10. The summed E-state index contributed by atoms with van der Waals surface area (Å²) in [4.78, 5) is 0.0550. The first-order valence-corrected chi connectivity index (χ1v) is 11.4. The zero-order chi connectivity index (χ0) is 22.4. The summed E-state index contributed by atoms with van der Waals surface area (Å²) < 4.78 is 47.4. The van der Waals surface area contributed by atoms with Crippen molar-refractivity contribution in [2.45, 2.75) is 25.0 Å². The van der Waals surface area contributed by atoms with E-state index in [1.165, 1.54) is 24.3 Å². The van der Waals surface area contributed by atoms with Crippen molar-refractivity contribution >= 4 is 27.3 Å². The van der Waals surface area contributed by atoms with Gasteiger partial charge in [0.1, 0.15) is 12.4 Å². The van der Waals surface area contributed by atoms with Crippen molar-refractivity contribution in [2.75, 3.05) is 11.9 Å². The lowest BCUT2D eigenvalue weighted by Crippen LogP contribution is -2.12. The molecule has 3 N–H and O–H groups in total. The average molecular weight is 465 g/mol. The van der Waals surface area contributed by atoms with Gasteiger partial charge in [-0.05, 0) is 61.0 Å². The van der Waals surface area contributed by atoms with Gasteiger partial charge in [0, 0.05) is 17.8 Å². The van der Waals surface area contributed by atoms with E-state index in [0.717, 1.165) is 11.3 Å². The molecular weight excluding hydrogens is 443 g/mol. The first-order valence-electron chi connectivity index (χ1n) is 9.45. The highest BCUT2D eigenvalue weighted by atomic mass is 35.5. The Morgan fingerprint density at radius 3 is 2.39 bits per heavy atom. The molecule has 0 aliphatic heterocycles. The van der Waals surface area contributed by atoms with Crippen molar-refractivity contribution in [1.29, 1.82) is 0 Å². The molecule has 0 radical (unpaired) electrons. The second-order valence-corrected chi connectivity index (χ2v) is 8.63. The Bertz CT molecular complexity index is 1150. The number of sulfonamides is 1. The minimum atomic E-state index is -3.72. The molecule has 0 heterocycles. The first-order chi connectivity index (χ1) is 14.8. The molecule has 3 aromatic carbocycles. The maximum absolute atomic E-state index is 13.2. The van der Waals surface area contributed by atoms with Crippen LogP contribution in [-0.2, 0) is 23.2 Å². The Labute approximate surface area is 185 Å². The van der Waals surface area contributed by atoms with Gasteiger partial charge in [-0.25, -0.2) is 17.9 Å².